The first kappa shape index (κ1) is 20.3. The molecule has 0 saturated carbocycles. The van der Waals surface area contributed by atoms with Gasteiger partial charge >= 0.3 is 0 Å². The molecule has 1 atom stereocenters. The predicted molar refractivity (Wildman–Crippen MR) is 99.2 cm³/mol. The van der Waals surface area contributed by atoms with Crippen LogP contribution in [0.3, 0.4) is 0 Å². The van der Waals surface area contributed by atoms with Crippen LogP contribution >= 0.6 is 11.8 Å². The monoisotopic (exact) mass is 379 g/mol. The second kappa shape index (κ2) is 8.58. The van der Waals surface area contributed by atoms with Crippen molar-refractivity contribution in [1.29, 1.82) is 0 Å². The van der Waals surface area contributed by atoms with Crippen LogP contribution in [0, 0.1) is 25.5 Å². The molecular weight excluding hydrogens is 356 g/mol. The van der Waals surface area contributed by atoms with Gasteiger partial charge in [0, 0.05) is 24.9 Å². The zero-order valence-corrected chi connectivity index (χ0v) is 16.5. The van der Waals surface area contributed by atoms with Crippen LogP contribution < -0.4 is 0 Å². The largest absolute Gasteiger partial charge is 0.339 e. The Kier molecular flexibility index (Phi) is 6.69. The molecule has 1 aromatic carbocycles. The zero-order chi connectivity index (χ0) is 19.4. The van der Waals surface area contributed by atoms with Gasteiger partial charge in [0.1, 0.15) is 0 Å². The number of carbonyl (C=O) groups excluding carboxylic acids is 1. The SMILES string of the molecule is CSc1nc(C)c(CCC(=O)N(C)C(C)c2ccc(F)c(F)c2)c(C)n1. The highest BCUT2D eigenvalue weighted by Crippen LogP contribution is 2.23. The highest BCUT2D eigenvalue weighted by atomic mass is 32.2. The molecule has 1 aromatic heterocycles. The van der Waals surface area contributed by atoms with Gasteiger partial charge in [-0.3, -0.25) is 4.79 Å². The molecule has 4 nitrogen and oxygen atoms in total. The zero-order valence-electron chi connectivity index (χ0n) is 15.6. The summed E-state index contributed by atoms with van der Waals surface area (Å²) in [6, 6.07) is 3.36. The first-order valence-electron chi connectivity index (χ1n) is 8.33. The third-order valence-corrected chi connectivity index (χ3v) is 5.12. The molecule has 26 heavy (non-hydrogen) atoms. The standard InChI is InChI=1S/C19H23F2N3OS/c1-11-15(12(2)23-19(22-11)26-5)7-9-18(25)24(4)13(3)14-6-8-16(20)17(21)10-14/h6,8,10,13H,7,9H2,1-5H3. The second-order valence-electron chi connectivity index (χ2n) is 6.21. The lowest BCUT2D eigenvalue weighted by atomic mass is 10.0. The molecule has 2 rings (SSSR count). The summed E-state index contributed by atoms with van der Waals surface area (Å²) in [7, 11) is 1.67. The van der Waals surface area contributed by atoms with Gasteiger partial charge in [-0.2, -0.15) is 0 Å². The number of amides is 1. The summed E-state index contributed by atoms with van der Waals surface area (Å²) < 4.78 is 26.5. The lowest BCUT2D eigenvalue weighted by molar-refractivity contribution is -0.131. The molecule has 0 saturated heterocycles. The Morgan fingerprint density at radius 3 is 2.35 bits per heavy atom. The van der Waals surface area contributed by atoms with Crippen LogP contribution in [0.2, 0.25) is 0 Å². The second-order valence-corrected chi connectivity index (χ2v) is 6.99. The molecule has 2 aromatic rings. The minimum absolute atomic E-state index is 0.0741. The molecule has 1 heterocycles. The molecule has 1 amide bonds. The fourth-order valence-electron chi connectivity index (χ4n) is 2.78. The van der Waals surface area contributed by atoms with E-state index in [9.17, 15) is 13.6 Å². The Morgan fingerprint density at radius 2 is 1.81 bits per heavy atom. The molecule has 140 valence electrons. The number of halogens is 2. The normalized spacial score (nSPS) is 12.1. The van der Waals surface area contributed by atoms with Crippen LogP contribution in [-0.2, 0) is 11.2 Å². The number of aryl methyl sites for hydroxylation is 2. The van der Waals surface area contributed by atoms with Crippen LogP contribution in [0.1, 0.15) is 41.9 Å². The number of hydrogen-bond acceptors (Lipinski definition) is 4. The summed E-state index contributed by atoms with van der Waals surface area (Å²) >= 11 is 1.48. The lowest BCUT2D eigenvalue weighted by Crippen LogP contribution is -2.30. The summed E-state index contributed by atoms with van der Waals surface area (Å²) in [4.78, 5) is 22.9. The predicted octanol–water partition coefficient (Wildman–Crippen LogP) is 4.25. The fourth-order valence-corrected chi connectivity index (χ4v) is 3.24. The van der Waals surface area contributed by atoms with Crippen molar-refractivity contribution in [2.45, 2.75) is 44.8 Å². The third kappa shape index (κ3) is 4.58. The molecular formula is C19H23F2N3OS. The average molecular weight is 379 g/mol. The molecule has 0 radical (unpaired) electrons. The van der Waals surface area contributed by atoms with E-state index in [1.807, 2.05) is 20.1 Å². The van der Waals surface area contributed by atoms with Crippen LogP contribution in [0.25, 0.3) is 0 Å². The van der Waals surface area contributed by atoms with Crippen LogP contribution in [-0.4, -0.2) is 34.1 Å². The van der Waals surface area contributed by atoms with Crippen molar-refractivity contribution in [3.8, 4) is 0 Å². The number of nitrogens with zero attached hydrogens (tertiary/aromatic N) is 3. The Bertz CT molecular complexity index is 790. The van der Waals surface area contributed by atoms with Crippen molar-refractivity contribution in [1.82, 2.24) is 14.9 Å². The molecule has 0 bridgehead atoms. The minimum Gasteiger partial charge on any atom is -0.339 e. The third-order valence-electron chi connectivity index (χ3n) is 4.57. The number of benzene rings is 1. The Morgan fingerprint density at radius 1 is 1.19 bits per heavy atom. The quantitative estimate of drug-likeness (QED) is 0.556. The molecule has 0 N–H and O–H groups in total. The number of thioether (sulfide) groups is 1. The van der Waals surface area contributed by atoms with Gasteiger partial charge in [-0.25, -0.2) is 18.7 Å². The van der Waals surface area contributed by atoms with Crippen LogP contribution in [0.5, 0.6) is 0 Å². The molecule has 0 aliphatic heterocycles. The van der Waals surface area contributed by atoms with E-state index in [1.54, 1.807) is 18.9 Å². The van der Waals surface area contributed by atoms with E-state index in [4.69, 9.17) is 0 Å². The Labute approximate surface area is 157 Å². The first-order valence-corrected chi connectivity index (χ1v) is 9.55. The van der Waals surface area contributed by atoms with Crippen molar-refractivity contribution < 1.29 is 13.6 Å². The molecule has 1 unspecified atom stereocenters. The van der Waals surface area contributed by atoms with E-state index < -0.39 is 11.6 Å². The van der Waals surface area contributed by atoms with Gasteiger partial charge in [-0.1, -0.05) is 17.8 Å². The maximum absolute atomic E-state index is 13.4. The first-order chi connectivity index (χ1) is 12.2. The van der Waals surface area contributed by atoms with E-state index in [-0.39, 0.29) is 11.9 Å². The van der Waals surface area contributed by atoms with Crippen LogP contribution in [0.15, 0.2) is 23.4 Å². The van der Waals surface area contributed by atoms with E-state index >= 15 is 0 Å². The smallest absolute Gasteiger partial charge is 0.223 e. The van der Waals surface area contributed by atoms with Crippen molar-refractivity contribution in [2.75, 3.05) is 13.3 Å². The lowest BCUT2D eigenvalue weighted by Gasteiger charge is -2.25. The van der Waals surface area contributed by atoms with E-state index in [0.717, 1.165) is 34.2 Å². The van der Waals surface area contributed by atoms with Gasteiger partial charge in [-0.15, -0.1) is 0 Å². The maximum Gasteiger partial charge on any atom is 0.223 e. The van der Waals surface area contributed by atoms with Gasteiger partial charge in [0.05, 0.1) is 6.04 Å². The summed E-state index contributed by atoms with van der Waals surface area (Å²) in [5.41, 5.74) is 3.29. The average Bonchev–Trinajstić information content (AvgIpc) is 2.61. The number of rotatable bonds is 6. The van der Waals surface area contributed by atoms with E-state index in [1.165, 1.54) is 17.8 Å². The van der Waals surface area contributed by atoms with Gasteiger partial charge in [0.25, 0.3) is 0 Å². The van der Waals surface area contributed by atoms with Crippen LogP contribution in [0.4, 0.5) is 8.78 Å². The highest BCUT2D eigenvalue weighted by Gasteiger charge is 2.19. The summed E-state index contributed by atoms with van der Waals surface area (Å²) in [5, 5.41) is 0.721. The molecule has 0 aliphatic rings. The van der Waals surface area contributed by atoms with E-state index in [2.05, 4.69) is 9.97 Å². The fraction of sp³-hybridized carbons (Fsp3) is 0.421. The summed E-state index contributed by atoms with van der Waals surface area (Å²) in [6.07, 6.45) is 2.76. The molecule has 0 spiro atoms. The molecule has 7 heteroatoms. The van der Waals surface area contributed by atoms with E-state index in [0.29, 0.717) is 18.4 Å². The maximum atomic E-state index is 13.4. The number of carbonyl (C=O) groups is 1. The van der Waals surface area contributed by atoms with Gasteiger partial charge in [0.2, 0.25) is 5.91 Å². The Hall–Kier alpha value is -2.02. The highest BCUT2D eigenvalue weighted by molar-refractivity contribution is 7.98. The van der Waals surface area contributed by atoms with Crippen molar-refractivity contribution in [3.05, 3.63) is 52.3 Å². The van der Waals surface area contributed by atoms with Gasteiger partial charge < -0.3 is 4.90 Å². The van der Waals surface area contributed by atoms with Crippen molar-refractivity contribution in [2.24, 2.45) is 0 Å². The summed E-state index contributed by atoms with van der Waals surface area (Å²) in [6.45, 7) is 5.63. The summed E-state index contributed by atoms with van der Waals surface area (Å²) in [5.74, 6) is -1.88. The van der Waals surface area contributed by atoms with Crippen molar-refractivity contribution in [3.63, 3.8) is 0 Å². The number of hydrogen-bond donors (Lipinski definition) is 0. The van der Waals surface area contributed by atoms with Crippen molar-refractivity contribution >= 4 is 17.7 Å². The molecule has 0 fully saturated rings. The van der Waals surface area contributed by atoms with Gasteiger partial charge in [-0.05, 0) is 56.7 Å². The Balaban J connectivity index is 2.06. The minimum atomic E-state index is -0.910. The topological polar surface area (TPSA) is 46.1 Å². The number of aromatic nitrogens is 2. The van der Waals surface area contributed by atoms with Gasteiger partial charge in [0.15, 0.2) is 16.8 Å². The molecule has 0 aliphatic carbocycles.